The molecule has 1 fully saturated rings. The topological polar surface area (TPSA) is 80.5 Å². The Morgan fingerprint density at radius 3 is 2.71 bits per heavy atom. The van der Waals surface area contributed by atoms with E-state index in [0.717, 1.165) is 30.6 Å². The van der Waals surface area contributed by atoms with Crippen LogP contribution in [-0.2, 0) is 11.2 Å². The van der Waals surface area contributed by atoms with Gasteiger partial charge in [-0.05, 0) is 68.2 Å². The highest BCUT2D eigenvalue weighted by atomic mass is 35.5. The second-order valence-electron chi connectivity index (χ2n) is 10.5. The highest BCUT2D eigenvalue weighted by Crippen LogP contribution is 2.39. The quantitative estimate of drug-likeness (QED) is 0.133. The smallest absolute Gasteiger partial charge is 0.248 e. The monoisotopic (exact) mass is 584 g/mol. The zero-order chi connectivity index (χ0) is 29.1. The Bertz CT molecular complexity index is 1760. The maximum absolute atomic E-state index is 13.8. The number of hydrogen-bond acceptors (Lipinski definition) is 6. The first kappa shape index (κ1) is 27.9. The van der Waals surface area contributed by atoms with Crippen LogP contribution in [0.2, 0.25) is 5.02 Å². The van der Waals surface area contributed by atoms with Crippen LogP contribution < -0.4 is 10.1 Å². The number of halogens is 2. The summed E-state index contributed by atoms with van der Waals surface area (Å²) < 4.78 is 25.6. The fourth-order valence-corrected chi connectivity index (χ4v) is 5.58. The number of piperidine rings is 1. The van der Waals surface area contributed by atoms with Crippen LogP contribution in [0.1, 0.15) is 36.4 Å². The Labute approximate surface area is 248 Å². The Balaban J connectivity index is 1.32. The number of amides is 1. The first-order valence-electron chi connectivity index (χ1n) is 14.0. The molecule has 4 heterocycles. The Morgan fingerprint density at radius 2 is 1.98 bits per heavy atom. The van der Waals surface area contributed by atoms with Gasteiger partial charge in [-0.25, -0.2) is 14.4 Å². The van der Waals surface area contributed by atoms with Crippen LogP contribution in [0.4, 0.5) is 10.1 Å². The molecule has 0 radical (unpaired) electrons. The third kappa shape index (κ3) is 6.15. The second kappa shape index (κ2) is 12.3. The van der Waals surface area contributed by atoms with Gasteiger partial charge in [-0.1, -0.05) is 36.2 Å². The molecule has 42 heavy (non-hydrogen) atoms. The standard InChI is InChI=1S/C33H30ClFN4O3/c1-2-22(15-21-8-10-26(35)25(34)16-21)33-24-18-28(38-32(40)7-6-14-39-12-4-3-5-13-39)30(19-27(24)36-20-37-33)42-31-17-23-9-11-29(31)41-23/h2,6-11,16-20,22H,1,3-5,12-15H2,(H,38,40). The van der Waals surface area contributed by atoms with Crippen molar-refractivity contribution in [2.45, 2.75) is 31.6 Å². The maximum Gasteiger partial charge on any atom is 0.248 e. The van der Waals surface area contributed by atoms with Crippen LogP contribution in [0.5, 0.6) is 11.5 Å². The van der Waals surface area contributed by atoms with Crippen LogP contribution in [0.25, 0.3) is 22.1 Å². The molecule has 1 atom stereocenters. The van der Waals surface area contributed by atoms with Crippen molar-refractivity contribution in [1.29, 1.82) is 0 Å². The van der Waals surface area contributed by atoms with Crippen LogP contribution in [-0.4, -0.2) is 40.4 Å². The molecule has 1 aliphatic heterocycles. The van der Waals surface area contributed by atoms with Gasteiger partial charge in [-0.2, -0.15) is 0 Å². The van der Waals surface area contributed by atoms with E-state index in [0.29, 0.717) is 46.0 Å². The summed E-state index contributed by atoms with van der Waals surface area (Å²) in [5.74, 6) is 0.0132. The minimum Gasteiger partial charge on any atom is -0.453 e. The predicted octanol–water partition coefficient (Wildman–Crippen LogP) is 7.89. The molecule has 3 aromatic heterocycles. The minimum absolute atomic E-state index is 0.0627. The summed E-state index contributed by atoms with van der Waals surface area (Å²) in [7, 11) is 0. The summed E-state index contributed by atoms with van der Waals surface area (Å²) in [5, 5.41) is 3.79. The van der Waals surface area contributed by atoms with Crippen molar-refractivity contribution in [2.75, 3.05) is 25.0 Å². The van der Waals surface area contributed by atoms with Gasteiger partial charge in [0, 0.05) is 36.1 Å². The van der Waals surface area contributed by atoms with Gasteiger partial charge in [0.2, 0.25) is 5.91 Å². The summed E-state index contributed by atoms with van der Waals surface area (Å²) in [6.45, 7) is 6.86. The molecule has 1 amide bonds. The van der Waals surface area contributed by atoms with Crippen molar-refractivity contribution in [2.24, 2.45) is 0 Å². The van der Waals surface area contributed by atoms with Crippen molar-refractivity contribution >= 4 is 45.3 Å². The largest absolute Gasteiger partial charge is 0.453 e. The van der Waals surface area contributed by atoms with Crippen LogP contribution in [0, 0.1) is 5.82 Å². The highest BCUT2D eigenvalue weighted by molar-refractivity contribution is 6.30. The third-order valence-electron chi connectivity index (χ3n) is 7.55. The van der Waals surface area contributed by atoms with Gasteiger partial charge in [0.1, 0.15) is 17.7 Å². The zero-order valence-corrected chi connectivity index (χ0v) is 23.7. The van der Waals surface area contributed by atoms with Crippen molar-refractivity contribution < 1.29 is 18.3 Å². The number of carbonyl (C=O) groups excluding carboxylic acids is 1. The van der Waals surface area contributed by atoms with E-state index in [1.807, 2.05) is 24.3 Å². The number of hydrogen-bond donors (Lipinski definition) is 1. The number of ether oxygens (including phenoxy) is 1. The normalized spacial score (nSPS) is 15.0. The Hall–Kier alpha value is -4.27. The van der Waals surface area contributed by atoms with Crippen molar-refractivity contribution in [1.82, 2.24) is 14.9 Å². The average Bonchev–Trinajstić information content (AvgIpc) is 3.62. The van der Waals surface area contributed by atoms with Crippen molar-refractivity contribution in [3.8, 4) is 11.5 Å². The van der Waals surface area contributed by atoms with Gasteiger partial charge in [0.15, 0.2) is 17.1 Å². The molecule has 0 saturated carbocycles. The summed E-state index contributed by atoms with van der Waals surface area (Å²) in [6.07, 6.45) is 10.9. The maximum atomic E-state index is 13.8. The number of nitrogens with zero attached hydrogens (tertiary/aromatic N) is 3. The van der Waals surface area contributed by atoms with E-state index < -0.39 is 5.82 Å². The number of benzene rings is 3. The number of likely N-dealkylation sites (tertiary alicyclic amines) is 1. The molecule has 1 aliphatic rings. The van der Waals surface area contributed by atoms with Crippen LogP contribution in [0.15, 0.2) is 84.1 Å². The molecule has 2 bridgehead atoms. The molecule has 1 saturated heterocycles. The number of fused-ring (bicyclic) bond motifs is 3. The number of rotatable bonds is 10. The molecular formula is C33H30ClFN4O3. The first-order valence-corrected chi connectivity index (χ1v) is 14.4. The molecule has 5 aromatic rings. The summed E-state index contributed by atoms with van der Waals surface area (Å²) in [6, 6.07) is 13.8. The SMILES string of the molecule is C=CC(Cc1ccc(F)c(Cl)c1)c1ncnc2cc(Oc3cc4ccc3o4)c(NC(=O)C=CCN3CCCCC3)cc12. The molecule has 214 valence electrons. The third-order valence-corrected chi connectivity index (χ3v) is 7.83. The molecule has 7 nitrogen and oxygen atoms in total. The number of aromatic nitrogens is 2. The van der Waals surface area contributed by atoms with E-state index >= 15 is 0 Å². The van der Waals surface area contributed by atoms with Crippen molar-refractivity contribution in [3.63, 3.8) is 0 Å². The van der Waals surface area contributed by atoms with Gasteiger partial charge in [-0.3, -0.25) is 9.69 Å². The zero-order valence-electron chi connectivity index (χ0n) is 23.0. The van der Waals surface area contributed by atoms with Crippen LogP contribution >= 0.6 is 11.6 Å². The number of furan rings is 2. The van der Waals surface area contributed by atoms with Gasteiger partial charge in [-0.15, -0.1) is 6.58 Å². The van der Waals surface area contributed by atoms with E-state index in [-0.39, 0.29) is 16.8 Å². The number of allylic oxidation sites excluding steroid dienone is 1. The lowest BCUT2D eigenvalue weighted by Gasteiger charge is -2.24. The Morgan fingerprint density at radius 1 is 1.12 bits per heavy atom. The van der Waals surface area contributed by atoms with E-state index in [2.05, 4.69) is 26.8 Å². The lowest BCUT2D eigenvalue weighted by Crippen LogP contribution is -2.29. The molecule has 2 aromatic carbocycles. The van der Waals surface area contributed by atoms with Crippen molar-refractivity contribution in [3.05, 3.63) is 102 Å². The second-order valence-corrected chi connectivity index (χ2v) is 10.9. The van der Waals surface area contributed by atoms with E-state index in [1.54, 1.807) is 36.4 Å². The van der Waals surface area contributed by atoms with E-state index in [1.165, 1.54) is 31.7 Å². The fourth-order valence-electron chi connectivity index (χ4n) is 5.38. The molecule has 6 rings (SSSR count). The summed E-state index contributed by atoms with van der Waals surface area (Å²) in [5.41, 5.74) is 3.97. The number of nitrogens with one attached hydrogen (secondary N) is 1. The molecule has 0 aliphatic carbocycles. The summed E-state index contributed by atoms with van der Waals surface area (Å²) >= 11 is 6.03. The molecular weight excluding hydrogens is 555 g/mol. The number of anilines is 1. The predicted molar refractivity (Wildman–Crippen MR) is 163 cm³/mol. The molecule has 9 heteroatoms. The fraction of sp³-hybridized carbons (Fsp3) is 0.242. The van der Waals surface area contributed by atoms with Gasteiger partial charge in [0.05, 0.1) is 21.9 Å². The average molecular weight is 585 g/mol. The number of carbonyl (C=O) groups is 1. The van der Waals surface area contributed by atoms with Crippen LogP contribution in [0.3, 0.4) is 0 Å². The van der Waals surface area contributed by atoms with Gasteiger partial charge in [0.25, 0.3) is 0 Å². The summed E-state index contributed by atoms with van der Waals surface area (Å²) in [4.78, 5) is 24.5. The molecule has 1 unspecified atom stereocenters. The van der Waals surface area contributed by atoms with E-state index in [4.69, 9.17) is 20.8 Å². The molecule has 0 spiro atoms. The lowest BCUT2D eigenvalue weighted by molar-refractivity contribution is -0.111. The molecule has 1 N–H and O–H groups in total. The minimum atomic E-state index is -0.469. The van der Waals surface area contributed by atoms with E-state index in [9.17, 15) is 9.18 Å². The lowest BCUT2D eigenvalue weighted by atomic mass is 9.93. The highest BCUT2D eigenvalue weighted by Gasteiger charge is 2.20. The first-order chi connectivity index (χ1) is 20.5. The Kier molecular flexibility index (Phi) is 8.17. The van der Waals surface area contributed by atoms with Gasteiger partial charge < -0.3 is 14.5 Å². The van der Waals surface area contributed by atoms with Gasteiger partial charge >= 0.3 is 0 Å².